The van der Waals surface area contributed by atoms with E-state index in [0.717, 1.165) is 46.0 Å². The number of imide groups is 1. The van der Waals surface area contributed by atoms with E-state index in [4.69, 9.17) is 18.6 Å². The monoisotopic (exact) mass is 567 g/mol. The standard InChI is InChI=1S/C30H43B2NO6S/c1-11-13-14-18(12-2)17-33-25(34)21-15-19-20(16-22(21)26(33)35)24(32-38-29(7,8)30(9,10)39-32)40-23(19)31-36-27(3,4)28(5,6)37-31/h15-16,18H,11-14,17H2,1-10H3. The molecule has 1 aromatic carbocycles. The maximum atomic E-state index is 13.6. The minimum absolute atomic E-state index is 0.222. The van der Waals surface area contributed by atoms with Crippen molar-refractivity contribution in [1.29, 1.82) is 0 Å². The Kier molecular flexibility index (Phi) is 7.40. The van der Waals surface area contributed by atoms with Crippen LogP contribution in [0.2, 0.25) is 0 Å². The second-order valence-electron chi connectivity index (χ2n) is 13.6. The molecule has 2 amide bonds. The molecule has 5 rings (SSSR count). The Hall–Kier alpha value is -1.71. The molecule has 0 spiro atoms. The molecule has 0 aliphatic carbocycles. The van der Waals surface area contributed by atoms with Gasteiger partial charge >= 0.3 is 14.2 Å². The Bertz CT molecular complexity index is 1230. The molecule has 0 bridgehead atoms. The second-order valence-corrected chi connectivity index (χ2v) is 14.7. The van der Waals surface area contributed by atoms with Crippen LogP contribution in [0.3, 0.4) is 0 Å². The number of rotatable bonds is 8. The Morgan fingerprint density at radius 2 is 1.15 bits per heavy atom. The quantitative estimate of drug-likeness (QED) is 0.318. The lowest BCUT2D eigenvalue weighted by Crippen LogP contribution is -2.41. The molecule has 1 atom stereocenters. The van der Waals surface area contributed by atoms with Gasteiger partial charge in [0.15, 0.2) is 0 Å². The predicted molar refractivity (Wildman–Crippen MR) is 162 cm³/mol. The highest BCUT2D eigenvalue weighted by Gasteiger charge is 2.56. The first-order valence-corrected chi connectivity index (χ1v) is 15.5. The largest absolute Gasteiger partial charge is 0.506 e. The highest BCUT2D eigenvalue weighted by molar-refractivity contribution is 7.32. The van der Waals surface area contributed by atoms with Crippen LogP contribution in [-0.2, 0) is 18.6 Å². The molecule has 4 heterocycles. The van der Waals surface area contributed by atoms with Crippen LogP contribution in [0.1, 0.15) is 116 Å². The number of nitrogens with zero attached hydrogens (tertiary/aromatic N) is 1. The number of amides is 2. The zero-order valence-electron chi connectivity index (χ0n) is 25.7. The Labute approximate surface area is 243 Å². The summed E-state index contributed by atoms with van der Waals surface area (Å²) in [5.41, 5.74) is -1.20. The van der Waals surface area contributed by atoms with Gasteiger partial charge in [0, 0.05) is 16.1 Å². The van der Waals surface area contributed by atoms with Gasteiger partial charge in [0.1, 0.15) is 0 Å². The molecular formula is C30H43B2NO6S. The summed E-state index contributed by atoms with van der Waals surface area (Å²) in [4.78, 5) is 28.7. The molecule has 3 aliphatic heterocycles. The summed E-state index contributed by atoms with van der Waals surface area (Å²) in [5.74, 6) is -0.150. The van der Waals surface area contributed by atoms with E-state index >= 15 is 0 Å². The van der Waals surface area contributed by atoms with Gasteiger partial charge in [-0.1, -0.05) is 33.1 Å². The van der Waals surface area contributed by atoms with Crippen molar-refractivity contribution in [2.75, 3.05) is 6.54 Å². The van der Waals surface area contributed by atoms with Crippen molar-refractivity contribution < 1.29 is 28.2 Å². The number of carbonyl (C=O) groups is 2. The molecule has 2 aromatic rings. The third kappa shape index (κ3) is 4.68. The molecule has 7 nitrogen and oxygen atoms in total. The lowest BCUT2D eigenvalue weighted by Gasteiger charge is -2.32. The second kappa shape index (κ2) is 9.94. The molecule has 216 valence electrons. The van der Waals surface area contributed by atoms with Gasteiger partial charge in [-0.05, 0) is 90.6 Å². The predicted octanol–water partition coefficient (Wildman–Crippen LogP) is 5.31. The van der Waals surface area contributed by atoms with Crippen molar-refractivity contribution in [3.63, 3.8) is 0 Å². The van der Waals surface area contributed by atoms with E-state index < -0.39 is 36.6 Å². The van der Waals surface area contributed by atoms with Crippen LogP contribution in [0, 0.1) is 5.92 Å². The normalized spacial score (nSPS) is 23.5. The number of unbranched alkanes of at least 4 members (excludes halogenated alkanes) is 1. The molecule has 2 saturated heterocycles. The first-order valence-electron chi connectivity index (χ1n) is 14.7. The highest BCUT2D eigenvalue weighted by Crippen LogP contribution is 2.41. The number of benzene rings is 1. The van der Waals surface area contributed by atoms with Crippen LogP contribution in [0.25, 0.3) is 10.8 Å². The fourth-order valence-corrected chi connectivity index (χ4v) is 6.74. The highest BCUT2D eigenvalue weighted by atomic mass is 32.1. The molecule has 3 aliphatic rings. The number of thiophene rings is 1. The first-order chi connectivity index (χ1) is 18.5. The van der Waals surface area contributed by atoms with E-state index in [9.17, 15) is 9.59 Å². The van der Waals surface area contributed by atoms with Gasteiger partial charge in [0.05, 0.1) is 33.5 Å². The van der Waals surface area contributed by atoms with E-state index in [1.165, 1.54) is 16.2 Å². The minimum atomic E-state index is -0.617. The fraction of sp³-hybridized carbons (Fsp3) is 0.667. The number of hydrogen-bond donors (Lipinski definition) is 0. The third-order valence-corrected chi connectivity index (χ3v) is 11.0. The number of fused-ring (bicyclic) bond motifs is 2. The Morgan fingerprint density at radius 3 is 1.50 bits per heavy atom. The van der Waals surface area contributed by atoms with Gasteiger partial charge in [-0.25, -0.2) is 0 Å². The summed E-state index contributed by atoms with van der Waals surface area (Å²) >= 11 is 1.51. The van der Waals surface area contributed by atoms with Crippen molar-refractivity contribution in [1.82, 2.24) is 4.90 Å². The van der Waals surface area contributed by atoms with Crippen molar-refractivity contribution in [2.24, 2.45) is 5.92 Å². The van der Waals surface area contributed by atoms with E-state index in [1.807, 2.05) is 67.5 Å². The SMILES string of the molecule is CCCCC(CC)CN1C(=O)c2cc3c(B4OC(C)(C)C(C)(C)O4)sc(B4OC(C)(C)C(C)(C)O4)c3cc2C1=O. The molecule has 2 fully saturated rings. The fourth-order valence-electron chi connectivity index (χ4n) is 5.56. The minimum Gasteiger partial charge on any atom is -0.399 e. The van der Waals surface area contributed by atoms with Crippen molar-refractivity contribution >= 4 is 57.7 Å². The van der Waals surface area contributed by atoms with Crippen LogP contribution in [-0.4, -0.2) is 59.9 Å². The zero-order valence-corrected chi connectivity index (χ0v) is 26.5. The van der Waals surface area contributed by atoms with Crippen LogP contribution in [0.4, 0.5) is 0 Å². The molecule has 40 heavy (non-hydrogen) atoms. The van der Waals surface area contributed by atoms with Gasteiger partial charge < -0.3 is 18.6 Å². The summed E-state index contributed by atoms with van der Waals surface area (Å²) < 4.78 is 27.5. The van der Waals surface area contributed by atoms with Gasteiger partial charge in [0.25, 0.3) is 11.8 Å². The van der Waals surface area contributed by atoms with Gasteiger partial charge in [-0.15, -0.1) is 0 Å². The number of hydrogen-bond acceptors (Lipinski definition) is 7. The summed E-state index contributed by atoms with van der Waals surface area (Å²) in [7, 11) is -1.23. The van der Waals surface area contributed by atoms with E-state index in [-0.39, 0.29) is 11.8 Å². The summed E-state index contributed by atoms with van der Waals surface area (Å²) in [6.45, 7) is 20.9. The summed E-state index contributed by atoms with van der Waals surface area (Å²) in [5, 5.41) is 1.68. The maximum absolute atomic E-state index is 13.6. The van der Waals surface area contributed by atoms with E-state index in [1.54, 1.807) is 0 Å². The Morgan fingerprint density at radius 1 is 0.750 bits per heavy atom. The maximum Gasteiger partial charge on any atom is 0.506 e. The average Bonchev–Trinajstić information content (AvgIpc) is 3.48. The molecular weight excluding hydrogens is 524 g/mol. The first kappa shape index (κ1) is 29.8. The van der Waals surface area contributed by atoms with Crippen LogP contribution < -0.4 is 9.55 Å². The summed E-state index contributed by atoms with van der Waals surface area (Å²) in [6, 6.07) is 3.73. The topological polar surface area (TPSA) is 74.3 Å². The van der Waals surface area contributed by atoms with Crippen molar-refractivity contribution in [3.05, 3.63) is 23.3 Å². The molecule has 1 aromatic heterocycles. The lowest BCUT2D eigenvalue weighted by atomic mass is 9.80. The molecule has 0 saturated carbocycles. The lowest BCUT2D eigenvalue weighted by molar-refractivity contribution is 0.00578. The van der Waals surface area contributed by atoms with Crippen LogP contribution in [0.15, 0.2) is 12.1 Å². The average molecular weight is 567 g/mol. The van der Waals surface area contributed by atoms with E-state index in [0.29, 0.717) is 23.6 Å². The number of carbonyl (C=O) groups excluding carboxylic acids is 2. The van der Waals surface area contributed by atoms with E-state index in [2.05, 4.69) is 13.8 Å². The summed E-state index contributed by atoms with van der Waals surface area (Å²) in [6.07, 6.45) is 4.12. The Balaban J connectivity index is 1.60. The van der Waals surface area contributed by atoms with Crippen LogP contribution in [0.5, 0.6) is 0 Å². The van der Waals surface area contributed by atoms with Gasteiger partial charge in [-0.2, -0.15) is 11.3 Å². The smallest absolute Gasteiger partial charge is 0.399 e. The molecule has 0 N–H and O–H groups in total. The molecule has 1 unspecified atom stereocenters. The van der Waals surface area contributed by atoms with Crippen molar-refractivity contribution in [3.8, 4) is 0 Å². The zero-order chi connectivity index (χ0) is 29.4. The van der Waals surface area contributed by atoms with Gasteiger partial charge in [-0.3, -0.25) is 14.5 Å². The third-order valence-electron chi connectivity index (χ3n) is 9.78. The molecule has 10 heteroatoms. The van der Waals surface area contributed by atoms with Gasteiger partial charge in [0.2, 0.25) is 0 Å². The van der Waals surface area contributed by atoms with Crippen LogP contribution >= 0.6 is 11.3 Å². The van der Waals surface area contributed by atoms with Crippen molar-refractivity contribution in [2.45, 2.75) is 117 Å². The molecule has 0 radical (unpaired) electrons.